The average molecular weight is 306 g/mol. The molecular weight excluding hydrogens is 288 g/mol. The first-order valence-corrected chi connectivity index (χ1v) is 7.46. The fraction of sp³-hybridized carbons (Fsp3) is 0.400. The Labute approximate surface area is 128 Å². The van der Waals surface area contributed by atoms with Crippen LogP contribution in [0.15, 0.2) is 29.2 Å². The summed E-state index contributed by atoms with van der Waals surface area (Å²) in [5.74, 6) is -0.432. The molecule has 1 amide bonds. The molecule has 1 rings (SSSR count). The standard InChI is InChI=1S/C15H18N2O3S/c1-11(2)17(10-14(18)20-3)15(19)12-6-4-5-7-13(12)21-9-8-16/h4-7,11H,9-10H2,1-3H3. The summed E-state index contributed by atoms with van der Waals surface area (Å²) in [7, 11) is 1.29. The van der Waals surface area contributed by atoms with Crippen molar-refractivity contribution in [3.63, 3.8) is 0 Å². The Morgan fingerprint density at radius 3 is 2.62 bits per heavy atom. The van der Waals surface area contributed by atoms with Gasteiger partial charge in [0.05, 0.1) is 24.5 Å². The zero-order valence-electron chi connectivity index (χ0n) is 12.3. The highest BCUT2D eigenvalue weighted by Crippen LogP contribution is 2.24. The van der Waals surface area contributed by atoms with E-state index in [4.69, 9.17) is 5.26 Å². The molecule has 6 heteroatoms. The minimum absolute atomic E-state index is 0.0930. The van der Waals surface area contributed by atoms with Crippen molar-refractivity contribution in [3.05, 3.63) is 29.8 Å². The lowest BCUT2D eigenvalue weighted by Crippen LogP contribution is -2.41. The number of nitrogens with zero attached hydrogens (tertiary/aromatic N) is 2. The van der Waals surface area contributed by atoms with Crippen LogP contribution in [0.3, 0.4) is 0 Å². The van der Waals surface area contributed by atoms with Gasteiger partial charge in [0.1, 0.15) is 6.54 Å². The third kappa shape index (κ3) is 4.80. The summed E-state index contributed by atoms with van der Waals surface area (Å²) < 4.78 is 4.63. The van der Waals surface area contributed by atoms with Crippen molar-refractivity contribution in [2.75, 3.05) is 19.4 Å². The van der Waals surface area contributed by atoms with E-state index in [0.29, 0.717) is 5.56 Å². The van der Waals surface area contributed by atoms with Gasteiger partial charge in [0, 0.05) is 10.9 Å². The van der Waals surface area contributed by atoms with Crippen molar-refractivity contribution in [3.8, 4) is 6.07 Å². The predicted molar refractivity (Wildman–Crippen MR) is 81.0 cm³/mol. The second-order valence-corrected chi connectivity index (χ2v) is 5.56. The molecular formula is C15H18N2O3S. The van der Waals surface area contributed by atoms with Crippen LogP contribution in [0.4, 0.5) is 0 Å². The van der Waals surface area contributed by atoms with E-state index in [2.05, 4.69) is 4.74 Å². The van der Waals surface area contributed by atoms with Crippen LogP contribution in [0, 0.1) is 11.3 Å². The highest BCUT2D eigenvalue weighted by molar-refractivity contribution is 7.99. The Balaban J connectivity index is 3.04. The monoisotopic (exact) mass is 306 g/mol. The van der Waals surface area contributed by atoms with E-state index in [-0.39, 0.29) is 24.2 Å². The maximum absolute atomic E-state index is 12.6. The number of ether oxygens (including phenoxy) is 1. The summed E-state index contributed by atoms with van der Waals surface area (Å²) in [4.78, 5) is 26.3. The van der Waals surface area contributed by atoms with Gasteiger partial charge in [-0.2, -0.15) is 5.26 Å². The van der Waals surface area contributed by atoms with E-state index in [1.807, 2.05) is 26.0 Å². The van der Waals surface area contributed by atoms with E-state index in [0.717, 1.165) is 4.90 Å². The molecule has 0 aliphatic carbocycles. The molecule has 1 aromatic carbocycles. The summed E-state index contributed by atoms with van der Waals surface area (Å²) in [6.45, 7) is 3.59. The first-order valence-electron chi connectivity index (χ1n) is 6.47. The zero-order chi connectivity index (χ0) is 15.8. The molecule has 0 unspecified atom stereocenters. The smallest absolute Gasteiger partial charge is 0.325 e. The molecule has 0 saturated heterocycles. The molecule has 0 atom stereocenters. The second kappa shape index (κ2) is 8.32. The number of nitriles is 1. The molecule has 1 aromatic rings. The van der Waals surface area contributed by atoms with Gasteiger partial charge in [-0.1, -0.05) is 12.1 Å². The topological polar surface area (TPSA) is 70.4 Å². The van der Waals surface area contributed by atoms with E-state index in [9.17, 15) is 9.59 Å². The number of esters is 1. The van der Waals surface area contributed by atoms with Crippen LogP contribution in [0.1, 0.15) is 24.2 Å². The third-order valence-electron chi connectivity index (χ3n) is 2.82. The van der Waals surface area contributed by atoms with Crippen LogP contribution in [0.25, 0.3) is 0 Å². The van der Waals surface area contributed by atoms with E-state index >= 15 is 0 Å². The Kier molecular flexibility index (Phi) is 6.76. The van der Waals surface area contributed by atoms with Crippen LogP contribution >= 0.6 is 11.8 Å². The van der Waals surface area contributed by atoms with Crippen LogP contribution in [-0.2, 0) is 9.53 Å². The Morgan fingerprint density at radius 2 is 2.05 bits per heavy atom. The number of thioether (sulfide) groups is 1. The summed E-state index contributed by atoms with van der Waals surface area (Å²) in [6.07, 6.45) is 0. The molecule has 0 radical (unpaired) electrons. The van der Waals surface area contributed by atoms with Gasteiger partial charge in [-0.15, -0.1) is 11.8 Å². The molecule has 0 spiro atoms. The van der Waals surface area contributed by atoms with Crippen molar-refractivity contribution in [1.29, 1.82) is 5.26 Å². The van der Waals surface area contributed by atoms with Crippen LogP contribution in [0.2, 0.25) is 0 Å². The first-order chi connectivity index (χ1) is 10.0. The largest absolute Gasteiger partial charge is 0.468 e. The molecule has 0 aromatic heterocycles. The number of carbonyl (C=O) groups excluding carboxylic acids is 2. The van der Waals surface area contributed by atoms with Gasteiger partial charge in [-0.3, -0.25) is 9.59 Å². The highest BCUT2D eigenvalue weighted by Gasteiger charge is 2.23. The molecule has 0 bridgehead atoms. The fourth-order valence-electron chi connectivity index (χ4n) is 1.73. The molecule has 0 N–H and O–H groups in total. The summed E-state index contributed by atoms with van der Waals surface area (Å²) >= 11 is 1.30. The van der Waals surface area contributed by atoms with E-state index < -0.39 is 5.97 Å². The molecule has 0 heterocycles. The van der Waals surface area contributed by atoms with E-state index in [1.54, 1.807) is 18.2 Å². The lowest BCUT2D eigenvalue weighted by molar-refractivity contribution is -0.141. The van der Waals surface area contributed by atoms with Crippen molar-refractivity contribution in [1.82, 2.24) is 4.90 Å². The normalized spacial score (nSPS) is 10.0. The molecule has 112 valence electrons. The van der Waals surface area contributed by atoms with Crippen LogP contribution < -0.4 is 0 Å². The summed E-state index contributed by atoms with van der Waals surface area (Å²) in [6, 6.07) is 8.99. The number of amides is 1. The van der Waals surface area contributed by atoms with Crippen molar-refractivity contribution < 1.29 is 14.3 Å². The number of rotatable bonds is 6. The molecule has 21 heavy (non-hydrogen) atoms. The third-order valence-corrected chi connectivity index (χ3v) is 3.76. The number of carbonyl (C=O) groups is 2. The number of benzene rings is 1. The summed E-state index contributed by atoms with van der Waals surface area (Å²) in [5, 5.41) is 8.68. The fourth-order valence-corrected chi connectivity index (χ4v) is 2.43. The molecule has 5 nitrogen and oxygen atoms in total. The van der Waals surface area contributed by atoms with Crippen molar-refractivity contribution in [2.45, 2.75) is 24.8 Å². The van der Waals surface area contributed by atoms with Crippen molar-refractivity contribution in [2.24, 2.45) is 0 Å². The van der Waals surface area contributed by atoms with Gasteiger partial charge in [0.2, 0.25) is 0 Å². The van der Waals surface area contributed by atoms with Crippen LogP contribution in [-0.4, -0.2) is 42.2 Å². The quantitative estimate of drug-likeness (QED) is 0.596. The minimum Gasteiger partial charge on any atom is -0.468 e. The number of hydrogen-bond acceptors (Lipinski definition) is 5. The minimum atomic E-state index is -0.459. The van der Waals surface area contributed by atoms with Gasteiger partial charge in [-0.25, -0.2) is 0 Å². The predicted octanol–water partition coefficient (Wildman–Crippen LogP) is 2.33. The van der Waals surface area contributed by atoms with Gasteiger partial charge in [0.15, 0.2) is 0 Å². The maximum Gasteiger partial charge on any atom is 0.325 e. The molecule has 0 aliphatic rings. The zero-order valence-corrected chi connectivity index (χ0v) is 13.1. The molecule has 0 saturated carbocycles. The highest BCUT2D eigenvalue weighted by atomic mass is 32.2. The maximum atomic E-state index is 12.6. The Hall–Kier alpha value is -2.00. The lowest BCUT2D eigenvalue weighted by atomic mass is 10.1. The Bertz CT molecular complexity index is 552. The SMILES string of the molecule is COC(=O)CN(C(=O)c1ccccc1SCC#N)C(C)C. The van der Waals surface area contributed by atoms with Crippen LogP contribution in [0.5, 0.6) is 0 Å². The lowest BCUT2D eigenvalue weighted by Gasteiger charge is -2.26. The van der Waals surface area contributed by atoms with Crippen molar-refractivity contribution >= 4 is 23.6 Å². The summed E-state index contributed by atoms with van der Waals surface area (Å²) in [5.41, 5.74) is 0.496. The number of hydrogen-bond donors (Lipinski definition) is 0. The van der Waals surface area contributed by atoms with Gasteiger partial charge in [0.25, 0.3) is 5.91 Å². The van der Waals surface area contributed by atoms with E-state index in [1.165, 1.54) is 23.8 Å². The first kappa shape index (κ1) is 17.1. The second-order valence-electron chi connectivity index (χ2n) is 4.55. The molecule has 0 aliphatic heterocycles. The number of methoxy groups -OCH3 is 1. The molecule has 0 fully saturated rings. The van der Waals surface area contributed by atoms with Gasteiger partial charge in [-0.05, 0) is 26.0 Å². The van der Waals surface area contributed by atoms with Gasteiger partial charge >= 0.3 is 5.97 Å². The Morgan fingerprint density at radius 1 is 1.38 bits per heavy atom. The average Bonchev–Trinajstić information content (AvgIpc) is 2.49. The van der Waals surface area contributed by atoms with Gasteiger partial charge < -0.3 is 9.64 Å².